The van der Waals surface area contributed by atoms with Gasteiger partial charge in [-0.2, -0.15) is 0 Å². The SMILES string of the molecule is CCOCC(C)OCC(=O)Nc1ccc(N)cc1. The lowest BCUT2D eigenvalue weighted by atomic mass is 10.3. The summed E-state index contributed by atoms with van der Waals surface area (Å²) < 4.78 is 10.5. The molecule has 1 rings (SSSR count). The molecule has 0 aliphatic carbocycles. The highest BCUT2D eigenvalue weighted by atomic mass is 16.5. The molecule has 1 unspecified atom stereocenters. The van der Waals surface area contributed by atoms with Crippen molar-refractivity contribution in [2.24, 2.45) is 0 Å². The predicted molar refractivity (Wildman–Crippen MR) is 71.4 cm³/mol. The van der Waals surface area contributed by atoms with E-state index in [4.69, 9.17) is 15.2 Å². The number of rotatable bonds is 7. The topological polar surface area (TPSA) is 73.6 Å². The smallest absolute Gasteiger partial charge is 0.250 e. The molecule has 18 heavy (non-hydrogen) atoms. The summed E-state index contributed by atoms with van der Waals surface area (Å²) in [6.07, 6.45) is -0.0953. The van der Waals surface area contributed by atoms with Crippen molar-refractivity contribution in [3.63, 3.8) is 0 Å². The molecule has 1 atom stereocenters. The maximum absolute atomic E-state index is 11.6. The molecule has 0 fully saturated rings. The lowest BCUT2D eigenvalue weighted by Crippen LogP contribution is -2.24. The second-order valence-corrected chi connectivity index (χ2v) is 3.95. The van der Waals surface area contributed by atoms with E-state index in [2.05, 4.69) is 5.32 Å². The number of carbonyl (C=O) groups excluding carboxylic acids is 1. The fourth-order valence-corrected chi connectivity index (χ4v) is 1.31. The van der Waals surface area contributed by atoms with Gasteiger partial charge in [-0.1, -0.05) is 0 Å². The fourth-order valence-electron chi connectivity index (χ4n) is 1.31. The monoisotopic (exact) mass is 252 g/mol. The molecular formula is C13H20N2O3. The van der Waals surface area contributed by atoms with Crippen LogP contribution in [0, 0.1) is 0 Å². The van der Waals surface area contributed by atoms with E-state index < -0.39 is 0 Å². The molecule has 100 valence electrons. The summed E-state index contributed by atoms with van der Waals surface area (Å²) in [5, 5.41) is 2.72. The van der Waals surface area contributed by atoms with Crippen LogP contribution in [-0.2, 0) is 14.3 Å². The summed E-state index contributed by atoms with van der Waals surface area (Å²) in [6.45, 7) is 4.93. The van der Waals surface area contributed by atoms with E-state index in [1.807, 2.05) is 13.8 Å². The summed E-state index contributed by atoms with van der Waals surface area (Å²) >= 11 is 0. The number of nitrogens with one attached hydrogen (secondary N) is 1. The minimum absolute atomic E-state index is 0.0125. The zero-order valence-corrected chi connectivity index (χ0v) is 10.8. The first-order valence-electron chi connectivity index (χ1n) is 5.96. The van der Waals surface area contributed by atoms with Gasteiger partial charge in [0, 0.05) is 18.0 Å². The molecule has 5 heteroatoms. The molecule has 0 saturated heterocycles. The highest BCUT2D eigenvalue weighted by Gasteiger charge is 2.07. The van der Waals surface area contributed by atoms with Crippen molar-refractivity contribution < 1.29 is 14.3 Å². The number of carbonyl (C=O) groups is 1. The summed E-state index contributed by atoms with van der Waals surface area (Å²) in [5.41, 5.74) is 6.92. The zero-order valence-electron chi connectivity index (χ0n) is 10.8. The Hall–Kier alpha value is -1.59. The lowest BCUT2D eigenvalue weighted by Gasteiger charge is -2.12. The van der Waals surface area contributed by atoms with Gasteiger partial charge >= 0.3 is 0 Å². The Balaban J connectivity index is 2.27. The van der Waals surface area contributed by atoms with Crippen LogP contribution in [-0.4, -0.2) is 31.8 Å². The Kier molecular flexibility index (Phi) is 6.18. The van der Waals surface area contributed by atoms with Gasteiger partial charge in [0.1, 0.15) is 6.61 Å². The fraction of sp³-hybridized carbons (Fsp3) is 0.462. The van der Waals surface area contributed by atoms with Gasteiger partial charge < -0.3 is 20.5 Å². The van der Waals surface area contributed by atoms with Crippen molar-refractivity contribution in [2.45, 2.75) is 20.0 Å². The van der Waals surface area contributed by atoms with Gasteiger partial charge in [-0.3, -0.25) is 4.79 Å². The van der Waals surface area contributed by atoms with E-state index in [1.165, 1.54) is 0 Å². The molecule has 1 aromatic carbocycles. The summed E-state index contributed by atoms with van der Waals surface area (Å²) in [6, 6.07) is 6.95. The summed E-state index contributed by atoms with van der Waals surface area (Å²) in [5.74, 6) is -0.192. The van der Waals surface area contributed by atoms with Gasteiger partial charge in [-0.15, -0.1) is 0 Å². The first-order valence-corrected chi connectivity index (χ1v) is 5.96. The maximum atomic E-state index is 11.6. The minimum Gasteiger partial charge on any atom is -0.399 e. The predicted octanol–water partition coefficient (Wildman–Crippen LogP) is 1.65. The van der Waals surface area contributed by atoms with Crippen LogP contribution >= 0.6 is 0 Å². The molecule has 1 amide bonds. The average molecular weight is 252 g/mol. The third-order valence-corrected chi connectivity index (χ3v) is 2.25. The van der Waals surface area contributed by atoms with Crippen LogP contribution in [0.3, 0.4) is 0 Å². The molecule has 3 N–H and O–H groups in total. The number of hydrogen-bond acceptors (Lipinski definition) is 4. The first-order chi connectivity index (χ1) is 8.61. The average Bonchev–Trinajstić information content (AvgIpc) is 2.36. The van der Waals surface area contributed by atoms with E-state index in [1.54, 1.807) is 24.3 Å². The lowest BCUT2D eigenvalue weighted by molar-refractivity contribution is -0.123. The van der Waals surface area contributed by atoms with Crippen molar-refractivity contribution in [3.05, 3.63) is 24.3 Å². The second-order valence-electron chi connectivity index (χ2n) is 3.95. The van der Waals surface area contributed by atoms with E-state index >= 15 is 0 Å². The Morgan fingerprint density at radius 3 is 2.67 bits per heavy atom. The molecule has 0 saturated carbocycles. The normalized spacial score (nSPS) is 12.1. The van der Waals surface area contributed by atoms with Crippen LogP contribution < -0.4 is 11.1 Å². The van der Waals surface area contributed by atoms with Crippen molar-refractivity contribution in [1.29, 1.82) is 0 Å². The van der Waals surface area contributed by atoms with E-state index in [-0.39, 0.29) is 18.6 Å². The Morgan fingerprint density at radius 1 is 1.39 bits per heavy atom. The van der Waals surface area contributed by atoms with Crippen molar-refractivity contribution >= 4 is 17.3 Å². The summed E-state index contributed by atoms with van der Waals surface area (Å²) in [7, 11) is 0. The van der Waals surface area contributed by atoms with Gasteiger partial charge in [0.25, 0.3) is 0 Å². The van der Waals surface area contributed by atoms with Gasteiger partial charge in [-0.25, -0.2) is 0 Å². The molecule has 1 aromatic rings. The Labute approximate surface area is 107 Å². The number of amides is 1. The molecule has 0 aromatic heterocycles. The third kappa shape index (κ3) is 5.65. The number of benzene rings is 1. The zero-order chi connectivity index (χ0) is 13.4. The van der Waals surface area contributed by atoms with Crippen molar-refractivity contribution in [1.82, 2.24) is 0 Å². The van der Waals surface area contributed by atoms with Crippen LogP contribution in [0.15, 0.2) is 24.3 Å². The Bertz CT molecular complexity index is 365. The standard InChI is InChI=1S/C13H20N2O3/c1-3-17-8-10(2)18-9-13(16)15-12-6-4-11(14)5-7-12/h4-7,10H,3,8-9,14H2,1-2H3,(H,15,16). The molecule has 0 radical (unpaired) electrons. The van der Waals surface area contributed by atoms with Crippen LogP contribution in [0.1, 0.15) is 13.8 Å². The van der Waals surface area contributed by atoms with Gasteiger partial charge in [-0.05, 0) is 38.1 Å². The molecule has 0 spiro atoms. The van der Waals surface area contributed by atoms with Crippen LogP contribution in [0.4, 0.5) is 11.4 Å². The first kappa shape index (κ1) is 14.5. The molecule has 0 heterocycles. The van der Waals surface area contributed by atoms with Crippen molar-refractivity contribution in [3.8, 4) is 0 Å². The van der Waals surface area contributed by atoms with Gasteiger partial charge in [0.15, 0.2) is 0 Å². The minimum atomic E-state index is -0.192. The van der Waals surface area contributed by atoms with Gasteiger partial charge in [0.05, 0.1) is 12.7 Å². The Morgan fingerprint density at radius 2 is 2.06 bits per heavy atom. The summed E-state index contributed by atoms with van der Waals surface area (Å²) in [4.78, 5) is 11.6. The largest absolute Gasteiger partial charge is 0.399 e. The number of ether oxygens (including phenoxy) is 2. The highest BCUT2D eigenvalue weighted by Crippen LogP contribution is 2.10. The van der Waals surface area contributed by atoms with Crippen LogP contribution in [0.2, 0.25) is 0 Å². The molecular weight excluding hydrogens is 232 g/mol. The number of hydrogen-bond donors (Lipinski definition) is 2. The van der Waals surface area contributed by atoms with E-state index in [0.717, 1.165) is 0 Å². The van der Waals surface area contributed by atoms with Gasteiger partial charge in [0.2, 0.25) is 5.91 Å². The van der Waals surface area contributed by atoms with E-state index in [9.17, 15) is 4.79 Å². The number of nitrogen functional groups attached to an aromatic ring is 1. The second kappa shape index (κ2) is 7.68. The highest BCUT2D eigenvalue weighted by molar-refractivity contribution is 5.91. The molecule has 5 nitrogen and oxygen atoms in total. The van der Waals surface area contributed by atoms with Crippen molar-refractivity contribution in [2.75, 3.05) is 30.9 Å². The maximum Gasteiger partial charge on any atom is 0.250 e. The van der Waals surface area contributed by atoms with Crippen LogP contribution in [0.5, 0.6) is 0 Å². The molecule has 0 aliphatic heterocycles. The number of nitrogens with two attached hydrogens (primary N) is 1. The molecule has 0 aliphatic rings. The van der Waals surface area contributed by atoms with Crippen LogP contribution in [0.25, 0.3) is 0 Å². The quantitative estimate of drug-likeness (QED) is 0.724. The molecule has 0 bridgehead atoms. The third-order valence-electron chi connectivity index (χ3n) is 2.25. The number of anilines is 2. The van der Waals surface area contributed by atoms with E-state index in [0.29, 0.717) is 24.6 Å².